The highest BCUT2D eigenvalue weighted by atomic mass is 19.4. The second kappa shape index (κ2) is 7.81. The first-order valence-electron chi connectivity index (χ1n) is 2.53. The summed E-state index contributed by atoms with van der Waals surface area (Å²) >= 11 is 0. The summed E-state index contributed by atoms with van der Waals surface area (Å²) in [4.78, 5) is 0. The highest BCUT2D eigenvalue weighted by molar-refractivity contribution is 6.33. The molecule has 0 aliphatic heterocycles. The molecule has 0 radical (unpaired) electrons. The van der Waals surface area contributed by atoms with E-state index in [1.165, 1.54) is 0 Å². The molecular formula is C4H10BF3O. The van der Waals surface area contributed by atoms with E-state index in [9.17, 15) is 12.9 Å². The molecule has 1 N–H and O–H groups in total. The summed E-state index contributed by atoms with van der Waals surface area (Å²) in [5.41, 5.74) is 0. The Kier molecular flexibility index (Phi) is 10.1. The molecule has 9 heavy (non-hydrogen) atoms. The van der Waals surface area contributed by atoms with Gasteiger partial charge in [-0.2, -0.15) is 0 Å². The quantitative estimate of drug-likeness (QED) is 0.550. The Labute approximate surface area is 53.1 Å². The van der Waals surface area contributed by atoms with Crippen molar-refractivity contribution in [2.75, 3.05) is 6.61 Å². The zero-order valence-electron chi connectivity index (χ0n) is 5.44. The van der Waals surface area contributed by atoms with Gasteiger partial charge in [-0.1, -0.05) is 13.8 Å². The van der Waals surface area contributed by atoms with E-state index in [4.69, 9.17) is 5.11 Å². The zero-order valence-corrected chi connectivity index (χ0v) is 5.44. The van der Waals surface area contributed by atoms with Gasteiger partial charge in [0, 0.05) is 6.61 Å². The first kappa shape index (κ1) is 11.6. The molecule has 1 nitrogen and oxygen atoms in total. The molecule has 0 aliphatic rings. The Morgan fingerprint density at radius 2 is 1.44 bits per heavy atom. The van der Waals surface area contributed by atoms with Gasteiger partial charge in [-0.3, -0.25) is 12.9 Å². The van der Waals surface area contributed by atoms with Crippen LogP contribution in [0.1, 0.15) is 13.8 Å². The Balaban J connectivity index is 0. The van der Waals surface area contributed by atoms with Crippen LogP contribution in [0.2, 0.25) is 0 Å². The molecule has 0 aliphatic carbocycles. The van der Waals surface area contributed by atoms with Gasteiger partial charge in [0.15, 0.2) is 0 Å². The third-order valence-corrected chi connectivity index (χ3v) is 0.365. The molecule has 0 aromatic heterocycles. The zero-order chi connectivity index (χ0) is 7.86. The van der Waals surface area contributed by atoms with Gasteiger partial charge < -0.3 is 5.11 Å². The fourth-order valence-electron chi connectivity index (χ4n) is 0. The lowest BCUT2D eigenvalue weighted by Gasteiger charge is -1.90. The van der Waals surface area contributed by atoms with Gasteiger partial charge in [-0.25, -0.2) is 0 Å². The van der Waals surface area contributed by atoms with Gasteiger partial charge in [0.05, 0.1) is 0 Å². The fraction of sp³-hybridized carbons (Fsp3) is 1.00. The van der Waals surface area contributed by atoms with Crippen molar-refractivity contribution < 1.29 is 18.1 Å². The molecule has 0 heterocycles. The summed E-state index contributed by atoms with van der Waals surface area (Å²) in [6.45, 7) is 4.25. The van der Waals surface area contributed by atoms with Crippen molar-refractivity contribution in [2.24, 2.45) is 5.92 Å². The lowest BCUT2D eigenvalue weighted by Crippen LogP contribution is -1.90. The number of aliphatic hydroxyl groups is 1. The summed E-state index contributed by atoms with van der Waals surface area (Å²) in [5, 5.41) is 8.14. The second-order valence-corrected chi connectivity index (χ2v) is 1.82. The molecule has 0 rings (SSSR count). The minimum Gasteiger partial charge on any atom is -0.396 e. The lowest BCUT2D eigenvalue weighted by molar-refractivity contribution is 0.248. The van der Waals surface area contributed by atoms with E-state index in [2.05, 4.69) is 0 Å². The van der Waals surface area contributed by atoms with Gasteiger partial charge in [0.1, 0.15) is 0 Å². The van der Waals surface area contributed by atoms with E-state index in [0.29, 0.717) is 12.5 Å². The van der Waals surface area contributed by atoms with Crippen LogP contribution in [0, 0.1) is 5.92 Å². The third-order valence-electron chi connectivity index (χ3n) is 0.365. The maximum Gasteiger partial charge on any atom is 0.762 e. The monoisotopic (exact) mass is 142 g/mol. The van der Waals surface area contributed by atoms with Gasteiger partial charge in [0.25, 0.3) is 0 Å². The molecule has 0 amide bonds. The molecule has 0 fully saturated rings. The Morgan fingerprint density at radius 1 is 1.33 bits per heavy atom. The van der Waals surface area contributed by atoms with Gasteiger partial charge >= 0.3 is 7.54 Å². The van der Waals surface area contributed by atoms with E-state index in [0.717, 1.165) is 0 Å². The van der Waals surface area contributed by atoms with E-state index >= 15 is 0 Å². The number of rotatable bonds is 1. The summed E-state index contributed by atoms with van der Waals surface area (Å²) in [5.74, 6) is 0.440. The minimum absolute atomic E-state index is 0.306. The summed E-state index contributed by atoms with van der Waals surface area (Å²) in [6.07, 6.45) is 0. The van der Waals surface area contributed by atoms with E-state index in [1.807, 2.05) is 13.8 Å². The summed E-state index contributed by atoms with van der Waals surface area (Å²) in [7, 11) is -3.67. The van der Waals surface area contributed by atoms with Crippen LogP contribution in [0.3, 0.4) is 0 Å². The van der Waals surface area contributed by atoms with Crippen molar-refractivity contribution in [2.45, 2.75) is 13.8 Å². The van der Waals surface area contributed by atoms with Crippen LogP contribution >= 0.6 is 0 Å². The van der Waals surface area contributed by atoms with E-state index in [-0.39, 0.29) is 0 Å². The number of hydrogen-bond donors (Lipinski definition) is 1. The molecule has 0 saturated carbocycles. The fourth-order valence-corrected chi connectivity index (χ4v) is 0. The number of aliphatic hydroxyl groups excluding tert-OH is 1. The van der Waals surface area contributed by atoms with Crippen LogP contribution in [-0.4, -0.2) is 19.3 Å². The highest BCUT2D eigenvalue weighted by Gasteiger charge is 2.06. The van der Waals surface area contributed by atoms with Crippen molar-refractivity contribution >= 4 is 7.54 Å². The highest BCUT2D eigenvalue weighted by Crippen LogP contribution is 1.83. The molecule has 0 bridgehead atoms. The normalized spacial score (nSPS) is 8.33. The number of hydrogen-bond acceptors (Lipinski definition) is 1. The van der Waals surface area contributed by atoms with Gasteiger partial charge in [-0.05, 0) is 5.92 Å². The maximum absolute atomic E-state index is 9.67. The molecule has 0 aromatic rings. The van der Waals surface area contributed by atoms with E-state index in [1.54, 1.807) is 0 Å². The minimum atomic E-state index is -3.67. The molecule has 0 unspecified atom stereocenters. The molecule has 0 atom stereocenters. The van der Waals surface area contributed by atoms with Crippen LogP contribution in [0.15, 0.2) is 0 Å². The molecule has 0 aromatic carbocycles. The van der Waals surface area contributed by atoms with Gasteiger partial charge in [-0.15, -0.1) is 0 Å². The smallest absolute Gasteiger partial charge is 0.396 e. The van der Waals surface area contributed by atoms with Crippen molar-refractivity contribution in [3.63, 3.8) is 0 Å². The molecule has 0 saturated heterocycles. The largest absolute Gasteiger partial charge is 0.762 e. The standard InChI is InChI=1S/C4H10O.BF3/c1-4(2)3-5;2-1(3)4/h4-5H,3H2,1-2H3;. The van der Waals surface area contributed by atoms with Crippen molar-refractivity contribution in [3.05, 3.63) is 0 Å². The third kappa shape index (κ3) is 80.2. The van der Waals surface area contributed by atoms with Crippen molar-refractivity contribution in [3.8, 4) is 0 Å². The van der Waals surface area contributed by atoms with Gasteiger partial charge in [0.2, 0.25) is 0 Å². The average molecular weight is 142 g/mol. The van der Waals surface area contributed by atoms with E-state index < -0.39 is 7.54 Å². The summed E-state index contributed by atoms with van der Waals surface area (Å²) < 4.78 is 29.0. The average Bonchev–Trinajstić information content (AvgIpc) is 1.65. The van der Waals surface area contributed by atoms with Crippen molar-refractivity contribution in [1.82, 2.24) is 0 Å². The maximum atomic E-state index is 9.67. The van der Waals surface area contributed by atoms with Crippen LogP contribution in [0.25, 0.3) is 0 Å². The first-order valence-corrected chi connectivity index (χ1v) is 2.53. The van der Waals surface area contributed by atoms with Crippen LogP contribution in [0.4, 0.5) is 12.9 Å². The predicted octanol–water partition coefficient (Wildman–Crippen LogP) is 1.51. The second-order valence-electron chi connectivity index (χ2n) is 1.82. The Hall–Kier alpha value is -0.185. The summed E-state index contributed by atoms with van der Waals surface area (Å²) in [6, 6.07) is 0. The molecular weight excluding hydrogens is 132 g/mol. The predicted molar refractivity (Wildman–Crippen MR) is 31.0 cm³/mol. The Bertz CT molecular complexity index is 48.3. The van der Waals surface area contributed by atoms with Crippen LogP contribution in [-0.2, 0) is 0 Å². The van der Waals surface area contributed by atoms with Crippen LogP contribution in [0.5, 0.6) is 0 Å². The topological polar surface area (TPSA) is 20.2 Å². The van der Waals surface area contributed by atoms with Crippen molar-refractivity contribution in [1.29, 1.82) is 0 Å². The Morgan fingerprint density at radius 3 is 1.44 bits per heavy atom. The SMILES string of the molecule is CC(C)CO.FB(F)F. The number of halogens is 3. The van der Waals surface area contributed by atoms with Crippen LogP contribution < -0.4 is 0 Å². The molecule has 5 heteroatoms. The molecule has 56 valence electrons. The first-order chi connectivity index (χ1) is 4.00. The lowest BCUT2D eigenvalue weighted by atomic mass is 10.2. The molecule has 0 spiro atoms.